The molecule has 2 aliphatic rings. The van der Waals surface area contributed by atoms with Crippen molar-refractivity contribution in [1.82, 2.24) is 4.90 Å². The highest BCUT2D eigenvalue weighted by Crippen LogP contribution is 2.35. The maximum Gasteiger partial charge on any atom is 0.410 e. The van der Waals surface area contributed by atoms with Crippen LogP contribution in [0, 0.1) is 0 Å². The first-order valence-corrected chi connectivity index (χ1v) is 6.15. The molecule has 2 saturated heterocycles. The molecular weight excluding hydrogens is 204 g/mol. The SMILES string of the molecule is CC(C)(C)OC(=O)N1[C@H]2CCC(N)[C@H]1CC2. The summed E-state index contributed by atoms with van der Waals surface area (Å²) in [4.78, 5) is 14.0. The smallest absolute Gasteiger partial charge is 0.410 e. The normalized spacial score (nSPS) is 34.0. The van der Waals surface area contributed by atoms with Crippen LogP contribution < -0.4 is 5.73 Å². The molecule has 4 heteroatoms. The average molecular weight is 226 g/mol. The molecule has 0 aromatic rings. The summed E-state index contributed by atoms with van der Waals surface area (Å²) in [5, 5.41) is 0. The van der Waals surface area contributed by atoms with Gasteiger partial charge in [-0.25, -0.2) is 4.79 Å². The number of nitrogens with zero attached hydrogens (tertiary/aromatic N) is 1. The van der Waals surface area contributed by atoms with Crippen molar-refractivity contribution < 1.29 is 9.53 Å². The van der Waals surface area contributed by atoms with Crippen molar-refractivity contribution in [3.63, 3.8) is 0 Å². The van der Waals surface area contributed by atoms with E-state index in [9.17, 15) is 4.79 Å². The van der Waals surface area contributed by atoms with E-state index in [4.69, 9.17) is 10.5 Å². The van der Waals surface area contributed by atoms with Gasteiger partial charge in [-0.05, 0) is 46.5 Å². The van der Waals surface area contributed by atoms with Gasteiger partial charge in [-0.2, -0.15) is 0 Å². The third kappa shape index (κ3) is 2.17. The number of carbonyl (C=O) groups is 1. The fourth-order valence-electron chi connectivity index (χ4n) is 2.79. The molecule has 0 saturated carbocycles. The fourth-order valence-corrected chi connectivity index (χ4v) is 2.79. The monoisotopic (exact) mass is 226 g/mol. The highest BCUT2D eigenvalue weighted by molar-refractivity contribution is 5.69. The minimum Gasteiger partial charge on any atom is -0.444 e. The van der Waals surface area contributed by atoms with E-state index in [0.29, 0.717) is 6.04 Å². The fraction of sp³-hybridized carbons (Fsp3) is 0.917. The second-order valence-corrected chi connectivity index (χ2v) is 5.93. The van der Waals surface area contributed by atoms with Gasteiger partial charge in [0.15, 0.2) is 0 Å². The number of nitrogens with two attached hydrogens (primary N) is 1. The predicted molar refractivity (Wildman–Crippen MR) is 62.1 cm³/mol. The maximum atomic E-state index is 12.1. The van der Waals surface area contributed by atoms with Crippen molar-refractivity contribution >= 4 is 6.09 Å². The number of amides is 1. The lowest BCUT2D eigenvalue weighted by molar-refractivity contribution is 0.00505. The first-order chi connectivity index (χ1) is 7.38. The number of carbonyl (C=O) groups excluding carboxylic acids is 1. The molecule has 0 radical (unpaired) electrons. The largest absolute Gasteiger partial charge is 0.444 e. The van der Waals surface area contributed by atoms with E-state index in [1.165, 1.54) is 0 Å². The predicted octanol–water partition coefficient (Wildman–Crippen LogP) is 1.88. The molecule has 16 heavy (non-hydrogen) atoms. The molecular formula is C12H22N2O2. The topological polar surface area (TPSA) is 55.6 Å². The molecule has 0 aliphatic carbocycles. The summed E-state index contributed by atoms with van der Waals surface area (Å²) >= 11 is 0. The van der Waals surface area contributed by atoms with Crippen LogP contribution in [0.1, 0.15) is 46.5 Å². The summed E-state index contributed by atoms with van der Waals surface area (Å²) in [6.45, 7) is 5.70. The second kappa shape index (κ2) is 3.91. The lowest BCUT2D eigenvalue weighted by Crippen LogP contribution is -2.54. The van der Waals surface area contributed by atoms with Crippen LogP contribution in [0.25, 0.3) is 0 Å². The van der Waals surface area contributed by atoms with Crippen LogP contribution in [0.4, 0.5) is 4.79 Å². The van der Waals surface area contributed by atoms with E-state index in [0.717, 1.165) is 25.7 Å². The van der Waals surface area contributed by atoms with Crippen LogP contribution >= 0.6 is 0 Å². The molecule has 2 rings (SSSR count). The Labute approximate surface area is 97.1 Å². The van der Waals surface area contributed by atoms with Crippen LogP contribution in [0.2, 0.25) is 0 Å². The highest BCUT2D eigenvalue weighted by Gasteiger charge is 2.44. The average Bonchev–Trinajstić information content (AvgIpc) is 2.46. The molecule has 3 atom stereocenters. The molecule has 0 aromatic heterocycles. The Morgan fingerprint density at radius 3 is 2.50 bits per heavy atom. The van der Waals surface area contributed by atoms with Crippen molar-refractivity contribution in [1.29, 1.82) is 0 Å². The lowest BCUT2D eigenvalue weighted by atomic mass is 9.99. The van der Waals surface area contributed by atoms with Crippen LogP contribution in [0.3, 0.4) is 0 Å². The molecule has 0 aromatic carbocycles. The Morgan fingerprint density at radius 1 is 1.25 bits per heavy atom. The van der Waals surface area contributed by atoms with Gasteiger partial charge in [0.05, 0.1) is 6.04 Å². The minimum atomic E-state index is -0.419. The number of ether oxygens (including phenoxy) is 1. The third-order valence-electron chi connectivity index (χ3n) is 3.48. The molecule has 2 aliphatic heterocycles. The third-order valence-corrected chi connectivity index (χ3v) is 3.48. The Morgan fingerprint density at radius 2 is 1.88 bits per heavy atom. The van der Waals surface area contributed by atoms with Gasteiger partial charge in [0, 0.05) is 12.1 Å². The summed E-state index contributed by atoms with van der Waals surface area (Å²) in [5.41, 5.74) is 5.64. The Kier molecular flexibility index (Phi) is 2.86. The summed E-state index contributed by atoms with van der Waals surface area (Å²) in [6.07, 6.45) is 3.99. The van der Waals surface area contributed by atoms with E-state index in [2.05, 4.69) is 0 Å². The first kappa shape index (κ1) is 11.7. The number of piperidine rings is 1. The molecule has 4 nitrogen and oxygen atoms in total. The van der Waals surface area contributed by atoms with Gasteiger partial charge < -0.3 is 15.4 Å². The van der Waals surface area contributed by atoms with Gasteiger partial charge in [0.25, 0.3) is 0 Å². The number of hydrogen-bond acceptors (Lipinski definition) is 3. The van der Waals surface area contributed by atoms with E-state index in [-0.39, 0.29) is 18.2 Å². The summed E-state index contributed by atoms with van der Waals surface area (Å²) in [5.74, 6) is 0. The summed E-state index contributed by atoms with van der Waals surface area (Å²) in [6, 6.07) is 0.694. The molecule has 1 unspecified atom stereocenters. The number of rotatable bonds is 0. The quantitative estimate of drug-likeness (QED) is 0.686. The van der Waals surface area contributed by atoms with Crippen LogP contribution in [0.5, 0.6) is 0 Å². The zero-order valence-corrected chi connectivity index (χ0v) is 10.4. The van der Waals surface area contributed by atoms with Crippen molar-refractivity contribution in [3.8, 4) is 0 Å². The van der Waals surface area contributed by atoms with Crippen molar-refractivity contribution in [2.75, 3.05) is 0 Å². The standard InChI is InChI=1S/C12H22N2O2/c1-12(2,3)16-11(15)14-8-4-6-9(13)10(14)7-5-8/h8-10H,4-7,13H2,1-3H3/t8-,9?,10+/m0/s1. The van der Waals surface area contributed by atoms with E-state index < -0.39 is 5.60 Å². The zero-order chi connectivity index (χ0) is 11.9. The van der Waals surface area contributed by atoms with Crippen LogP contribution in [-0.4, -0.2) is 34.7 Å². The number of hydrogen-bond donors (Lipinski definition) is 1. The molecule has 1 amide bonds. The minimum absolute atomic E-state index is 0.131. The molecule has 0 spiro atoms. The number of fused-ring (bicyclic) bond motifs is 2. The van der Waals surface area contributed by atoms with Crippen molar-refractivity contribution in [3.05, 3.63) is 0 Å². The maximum absolute atomic E-state index is 12.1. The Hall–Kier alpha value is -0.770. The van der Waals surface area contributed by atoms with Crippen molar-refractivity contribution in [2.24, 2.45) is 5.73 Å². The summed E-state index contributed by atoms with van der Waals surface area (Å²) < 4.78 is 5.44. The van der Waals surface area contributed by atoms with Gasteiger partial charge in [0.1, 0.15) is 5.60 Å². The van der Waals surface area contributed by atoms with Gasteiger partial charge in [-0.3, -0.25) is 0 Å². The summed E-state index contributed by atoms with van der Waals surface area (Å²) in [7, 11) is 0. The Bertz CT molecular complexity index is 285. The molecule has 2 N–H and O–H groups in total. The van der Waals surface area contributed by atoms with Gasteiger partial charge in [-0.15, -0.1) is 0 Å². The van der Waals surface area contributed by atoms with E-state index in [1.807, 2.05) is 25.7 Å². The van der Waals surface area contributed by atoms with Gasteiger partial charge in [-0.1, -0.05) is 0 Å². The first-order valence-electron chi connectivity index (χ1n) is 6.15. The molecule has 2 fully saturated rings. The van der Waals surface area contributed by atoms with Crippen LogP contribution in [0.15, 0.2) is 0 Å². The van der Waals surface area contributed by atoms with Gasteiger partial charge in [0.2, 0.25) is 0 Å². The van der Waals surface area contributed by atoms with E-state index >= 15 is 0 Å². The van der Waals surface area contributed by atoms with Crippen LogP contribution in [-0.2, 0) is 4.74 Å². The van der Waals surface area contributed by atoms with Gasteiger partial charge >= 0.3 is 6.09 Å². The van der Waals surface area contributed by atoms with E-state index in [1.54, 1.807) is 0 Å². The second-order valence-electron chi connectivity index (χ2n) is 5.93. The molecule has 2 heterocycles. The Balaban J connectivity index is 2.07. The molecule has 92 valence electrons. The lowest BCUT2D eigenvalue weighted by Gasteiger charge is -2.39. The zero-order valence-electron chi connectivity index (χ0n) is 10.4. The van der Waals surface area contributed by atoms with Crippen molar-refractivity contribution in [2.45, 2.75) is 70.2 Å². The molecule has 2 bridgehead atoms. The highest BCUT2D eigenvalue weighted by atomic mass is 16.6.